The van der Waals surface area contributed by atoms with Gasteiger partial charge in [-0.1, -0.05) is 11.6 Å². The molecule has 0 aliphatic carbocycles. The molecular formula is C15H14ClF3N2O2S. The summed E-state index contributed by atoms with van der Waals surface area (Å²) in [6.07, 6.45) is -2.73. The molecule has 1 aromatic heterocycles. The Morgan fingerprint density at radius 1 is 1.42 bits per heavy atom. The van der Waals surface area contributed by atoms with Gasteiger partial charge in [-0.15, -0.1) is 11.3 Å². The van der Waals surface area contributed by atoms with Crippen LogP contribution < -0.4 is 5.32 Å². The summed E-state index contributed by atoms with van der Waals surface area (Å²) in [5.41, 5.74) is -0.404. The van der Waals surface area contributed by atoms with Gasteiger partial charge in [0.15, 0.2) is 5.13 Å². The lowest BCUT2D eigenvalue weighted by Gasteiger charge is -2.09. The standard InChI is InChI=1S/C15H14ClF3N2O2S/c1-2-23-8-13(22)21-14-20-7-11(24-14)6-9-5-10(15(17,18)19)3-4-12(9)16/h3-5,7H,2,6,8H2,1H3,(H,20,21,22). The second-order valence-electron chi connectivity index (χ2n) is 4.80. The molecule has 0 saturated carbocycles. The smallest absolute Gasteiger partial charge is 0.372 e. The van der Waals surface area contributed by atoms with Crippen LogP contribution in [0, 0.1) is 0 Å². The molecule has 9 heteroatoms. The van der Waals surface area contributed by atoms with Crippen molar-refractivity contribution in [2.45, 2.75) is 19.5 Å². The molecule has 0 fully saturated rings. The van der Waals surface area contributed by atoms with Crippen LogP contribution in [0.15, 0.2) is 24.4 Å². The summed E-state index contributed by atoms with van der Waals surface area (Å²) in [5.74, 6) is -0.338. The first-order valence-corrected chi connectivity index (χ1v) is 8.17. The van der Waals surface area contributed by atoms with Gasteiger partial charge < -0.3 is 4.74 Å². The number of nitrogens with zero attached hydrogens (tertiary/aromatic N) is 1. The lowest BCUT2D eigenvalue weighted by Crippen LogP contribution is -2.17. The van der Waals surface area contributed by atoms with Gasteiger partial charge in [-0.2, -0.15) is 13.2 Å². The minimum absolute atomic E-state index is 0.0785. The molecule has 0 aliphatic rings. The predicted molar refractivity (Wildman–Crippen MR) is 86.5 cm³/mol. The van der Waals surface area contributed by atoms with E-state index < -0.39 is 11.7 Å². The third-order valence-electron chi connectivity index (χ3n) is 2.97. The maximum Gasteiger partial charge on any atom is 0.416 e. The molecule has 0 saturated heterocycles. The molecule has 24 heavy (non-hydrogen) atoms. The molecule has 0 atom stereocenters. The summed E-state index contributed by atoms with van der Waals surface area (Å²) in [4.78, 5) is 16.2. The van der Waals surface area contributed by atoms with Crippen LogP contribution in [0.5, 0.6) is 0 Å². The molecule has 0 radical (unpaired) electrons. The number of nitrogens with one attached hydrogen (secondary N) is 1. The van der Waals surface area contributed by atoms with Crippen LogP contribution in [-0.2, 0) is 22.1 Å². The summed E-state index contributed by atoms with van der Waals surface area (Å²) >= 11 is 7.15. The third kappa shape index (κ3) is 5.19. The Kier molecular flexibility index (Phi) is 6.20. The number of anilines is 1. The van der Waals surface area contributed by atoms with Crippen LogP contribution in [0.2, 0.25) is 5.02 Å². The van der Waals surface area contributed by atoms with E-state index in [4.69, 9.17) is 16.3 Å². The Bertz CT molecular complexity index is 719. The first-order valence-electron chi connectivity index (χ1n) is 6.97. The van der Waals surface area contributed by atoms with E-state index in [1.54, 1.807) is 6.92 Å². The minimum atomic E-state index is -4.43. The summed E-state index contributed by atoms with van der Waals surface area (Å²) in [6.45, 7) is 2.11. The topological polar surface area (TPSA) is 51.2 Å². The largest absolute Gasteiger partial charge is 0.416 e. The molecule has 2 rings (SSSR count). The number of thiazole rings is 1. The van der Waals surface area contributed by atoms with Crippen molar-refractivity contribution >= 4 is 34.0 Å². The van der Waals surface area contributed by atoms with Gasteiger partial charge in [-0.05, 0) is 30.7 Å². The van der Waals surface area contributed by atoms with Crippen LogP contribution in [0.4, 0.5) is 18.3 Å². The van der Waals surface area contributed by atoms with E-state index in [1.807, 2.05) is 0 Å². The number of amides is 1. The van der Waals surface area contributed by atoms with Crippen LogP contribution in [0.3, 0.4) is 0 Å². The van der Waals surface area contributed by atoms with E-state index in [-0.39, 0.29) is 24.0 Å². The summed E-state index contributed by atoms with van der Waals surface area (Å²) < 4.78 is 43.3. The maximum absolute atomic E-state index is 12.8. The maximum atomic E-state index is 12.8. The SMILES string of the molecule is CCOCC(=O)Nc1ncc(Cc2cc(C(F)(F)F)ccc2Cl)s1. The Morgan fingerprint density at radius 3 is 2.83 bits per heavy atom. The first kappa shape index (κ1) is 18.7. The number of halogens is 4. The summed E-state index contributed by atoms with van der Waals surface area (Å²) in [6, 6.07) is 3.19. The lowest BCUT2D eigenvalue weighted by molar-refractivity contribution is -0.137. The van der Waals surface area contributed by atoms with Gasteiger partial charge in [-0.3, -0.25) is 10.1 Å². The van der Waals surface area contributed by atoms with Crippen molar-refractivity contribution in [1.29, 1.82) is 0 Å². The number of carbonyl (C=O) groups is 1. The summed E-state index contributed by atoms with van der Waals surface area (Å²) in [7, 11) is 0. The fourth-order valence-electron chi connectivity index (χ4n) is 1.87. The van der Waals surface area contributed by atoms with E-state index >= 15 is 0 Å². The van der Waals surface area contributed by atoms with Crippen molar-refractivity contribution in [3.63, 3.8) is 0 Å². The van der Waals surface area contributed by atoms with Gasteiger partial charge >= 0.3 is 6.18 Å². The quantitative estimate of drug-likeness (QED) is 0.811. The summed E-state index contributed by atoms with van der Waals surface area (Å²) in [5, 5.41) is 3.17. The van der Waals surface area contributed by atoms with Crippen molar-refractivity contribution in [3.8, 4) is 0 Å². The Labute approximate surface area is 145 Å². The molecule has 0 aliphatic heterocycles. The number of hydrogen-bond acceptors (Lipinski definition) is 4. The van der Waals surface area contributed by atoms with Gasteiger partial charge in [0.2, 0.25) is 0 Å². The normalized spacial score (nSPS) is 11.5. The number of hydrogen-bond donors (Lipinski definition) is 1. The highest BCUT2D eigenvalue weighted by Crippen LogP contribution is 2.33. The molecule has 130 valence electrons. The van der Waals surface area contributed by atoms with E-state index in [9.17, 15) is 18.0 Å². The molecule has 1 amide bonds. The number of benzene rings is 1. The lowest BCUT2D eigenvalue weighted by atomic mass is 10.1. The van der Waals surface area contributed by atoms with Crippen molar-refractivity contribution in [3.05, 3.63) is 45.4 Å². The molecule has 1 N–H and O–H groups in total. The molecule has 1 heterocycles. The van der Waals surface area contributed by atoms with Gasteiger partial charge in [0.05, 0.1) is 5.56 Å². The van der Waals surface area contributed by atoms with Crippen LogP contribution in [-0.4, -0.2) is 24.1 Å². The number of alkyl halides is 3. The van der Waals surface area contributed by atoms with Crippen LogP contribution in [0.1, 0.15) is 22.9 Å². The van der Waals surface area contributed by atoms with Gasteiger partial charge in [0, 0.05) is 29.1 Å². The van der Waals surface area contributed by atoms with Gasteiger partial charge in [0.25, 0.3) is 5.91 Å². The highest BCUT2D eigenvalue weighted by Gasteiger charge is 2.30. The molecule has 1 aromatic carbocycles. The van der Waals surface area contributed by atoms with Gasteiger partial charge in [-0.25, -0.2) is 4.98 Å². The van der Waals surface area contributed by atoms with Crippen LogP contribution >= 0.6 is 22.9 Å². The first-order chi connectivity index (χ1) is 11.3. The van der Waals surface area contributed by atoms with E-state index in [2.05, 4.69) is 10.3 Å². The molecule has 2 aromatic rings. The Morgan fingerprint density at radius 2 is 2.17 bits per heavy atom. The van der Waals surface area contributed by atoms with Crippen molar-refractivity contribution in [2.75, 3.05) is 18.5 Å². The van der Waals surface area contributed by atoms with E-state index in [1.165, 1.54) is 23.6 Å². The zero-order valence-electron chi connectivity index (χ0n) is 12.6. The fraction of sp³-hybridized carbons (Fsp3) is 0.333. The fourth-order valence-corrected chi connectivity index (χ4v) is 2.91. The Balaban J connectivity index is 2.08. The predicted octanol–water partition coefficient (Wildman–Crippen LogP) is 4.38. The molecule has 0 unspecified atom stereocenters. The number of aromatic nitrogens is 1. The minimum Gasteiger partial charge on any atom is -0.372 e. The zero-order valence-corrected chi connectivity index (χ0v) is 14.2. The van der Waals surface area contributed by atoms with Gasteiger partial charge in [0.1, 0.15) is 6.61 Å². The van der Waals surface area contributed by atoms with Crippen molar-refractivity contribution < 1.29 is 22.7 Å². The van der Waals surface area contributed by atoms with E-state index in [0.717, 1.165) is 12.1 Å². The highest BCUT2D eigenvalue weighted by atomic mass is 35.5. The highest BCUT2D eigenvalue weighted by molar-refractivity contribution is 7.15. The second-order valence-corrected chi connectivity index (χ2v) is 6.32. The molecule has 4 nitrogen and oxygen atoms in total. The number of rotatable bonds is 6. The average Bonchev–Trinajstić information content (AvgIpc) is 2.93. The van der Waals surface area contributed by atoms with E-state index in [0.29, 0.717) is 22.2 Å². The Hall–Kier alpha value is -1.64. The number of ether oxygens (including phenoxy) is 1. The average molecular weight is 379 g/mol. The molecular weight excluding hydrogens is 365 g/mol. The monoisotopic (exact) mass is 378 g/mol. The van der Waals surface area contributed by atoms with Crippen molar-refractivity contribution in [2.24, 2.45) is 0 Å². The van der Waals surface area contributed by atoms with Crippen LogP contribution in [0.25, 0.3) is 0 Å². The number of carbonyl (C=O) groups excluding carboxylic acids is 1. The molecule has 0 bridgehead atoms. The second kappa shape index (κ2) is 7.96. The zero-order chi connectivity index (χ0) is 17.7. The molecule has 0 spiro atoms. The third-order valence-corrected chi connectivity index (χ3v) is 4.26. The van der Waals surface area contributed by atoms with Crippen molar-refractivity contribution in [1.82, 2.24) is 4.98 Å².